The number of amides is 2. The maximum atomic E-state index is 12.8. The van der Waals surface area contributed by atoms with Crippen LogP contribution in [0.2, 0.25) is 10.0 Å². The fraction of sp³-hybridized carbons (Fsp3) is 0.467. The van der Waals surface area contributed by atoms with Gasteiger partial charge in [0.1, 0.15) is 12.1 Å². The summed E-state index contributed by atoms with van der Waals surface area (Å²) in [5, 5.41) is 0.824. The molecule has 1 aromatic rings. The molecule has 2 atom stereocenters. The Hall–Kier alpha value is -1.26. The highest BCUT2D eigenvalue weighted by Crippen LogP contribution is 2.34. The molecule has 2 saturated heterocycles. The van der Waals surface area contributed by atoms with Crippen molar-refractivity contribution in [2.45, 2.75) is 38.3 Å². The molecule has 0 aromatic heterocycles. The minimum atomic E-state index is -0.455. The zero-order valence-electron chi connectivity index (χ0n) is 11.7. The summed E-state index contributed by atoms with van der Waals surface area (Å²) in [5.74, 6) is 0.0167. The summed E-state index contributed by atoms with van der Waals surface area (Å²) in [6, 6.07) is 4.28. The monoisotopic (exact) mass is 326 g/mol. The van der Waals surface area contributed by atoms with E-state index in [9.17, 15) is 9.59 Å². The number of benzene rings is 1. The van der Waals surface area contributed by atoms with Crippen molar-refractivity contribution in [1.82, 2.24) is 4.90 Å². The van der Waals surface area contributed by atoms with Gasteiger partial charge in [-0.2, -0.15) is 0 Å². The van der Waals surface area contributed by atoms with E-state index in [0.717, 1.165) is 12.8 Å². The number of piperazine rings is 1. The van der Waals surface area contributed by atoms with Crippen LogP contribution >= 0.6 is 23.2 Å². The van der Waals surface area contributed by atoms with Gasteiger partial charge in [-0.05, 0) is 37.5 Å². The molecular weight excluding hydrogens is 311 g/mol. The first-order valence-electron chi connectivity index (χ1n) is 7.13. The normalized spacial score (nSPS) is 25.5. The highest BCUT2D eigenvalue weighted by Gasteiger charge is 2.47. The second-order valence-corrected chi connectivity index (χ2v) is 6.23. The lowest BCUT2D eigenvalue weighted by Gasteiger charge is -2.42. The number of hydrogen-bond donors (Lipinski definition) is 0. The van der Waals surface area contributed by atoms with Crippen molar-refractivity contribution in [1.29, 1.82) is 0 Å². The minimum Gasteiger partial charge on any atom is -0.329 e. The van der Waals surface area contributed by atoms with Gasteiger partial charge in [0.15, 0.2) is 0 Å². The van der Waals surface area contributed by atoms with Crippen molar-refractivity contribution in [2.75, 3.05) is 11.4 Å². The molecule has 2 aliphatic rings. The van der Waals surface area contributed by atoms with Crippen LogP contribution in [0.15, 0.2) is 18.2 Å². The highest BCUT2D eigenvalue weighted by atomic mass is 35.5. The average molecular weight is 327 g/mol. The van der Waals surface area contributed by atoms with E-state index in [-0.39, 0.29) is 17.9 Å². The first-order chi connectivity index (χ1) is 10.0. The number of halogens is 2. The van der Waals surface area contributed by atoms with E-state index < -0.39 is 6.04 Å². The van der Waals surface area contributed by atoms with Crippen molar-refractivity contribution < 1.29 is 9.59 Å². The molecule has 0 bridgehead atoms. The number of hydrogen-bond acceptors (Lipinski definition) is 2. The summed E-state index contributed by atoms with van der Waals surface area (Å²) in [7, 11) is 0. The number of fused-ring (bicyclic) bond motifs is 1. The Kier molecular flexibility index (Phi) is 3.84. The molecule has 0 aliphatic carbocycles. The summed E-state index contributed by atoms with van der Waals surface area (Å²) in [6.45, 7) is 2.59. The molecule has 0 saturated carbocycles. The van der Waals surface area contributed by atoms with E-state index in [2.05, 4.69) is 0 Å². The SMILES string of the molecule is CCC1C(=O)N2CCCC2C(=O)N1c1ccc(Cl)c(Cl)c1. The molecule has 4 nitrogen and oxygen atoms in total. The van der Waals surface area contributed by atoms with Gasteiger partial charge in [0.25, 0.3) is 5.91 Å². The van der Waals surface area contributed by atoms with Crippen molar-refractivity contribution in [3.05, 3.63) is 28.2 Å². The second kappa shape index (κ2) is 5.50. The van der Waals surface area contributed by atoms with Crippen molar-refractivity contribution in [3.8, 4) is 0 Å². The Labute approximate surface area is 133 Å². The van der Waals surface area contributed by atoms with Gasteiger partial charge in [-0.15, -0.1) is 0 Å². The maximum Gasteiger partial charge on any atom is 0.250 e. The Morgan fingerprint density at radius 1 is 1.19 bits per heavy atom. The van der Waals surface area contributed by atoms with Crippen LogP contribution in [-0.4, -0.2) is 35.3 Å². The molecule has 6 heteroatoms. The predicted octanol–water partition coefficient (Wildman–Crippen LogP) is 3.11. The molecule has 0 spiro atoms. The van der Waals surface area contributed by atoms with Crippen molar-refractivity contribution >= 4 is 40.7 Å². The molecule has 2 heterocycles. The standard InChI is InChI=1S/C15H16Cl2N2O2/c1-2-12-14(20)18-7-3-4-13(18)15(21)19(12)9-5-6-10(16)11(17)8-9/h5-6,8,12-13H,2-4,7H2,1H3. The topological polar surface area (TPSA) is 40.6 Å². The van der Waals surface area contributed by atoms with Crippen LogP contribution in [0, 0.1) is 0 Å². The molecule has 2 aliphatic heterocycles. The average Bonchev–Trinajstić information content (AvgIpc) is 2.95. The van der Waals surface area contributed by atoms with Gasteiger partial charge in [-0.1, -0.05) is 30.1 Å². The van der Waals surface area contributed by atoms with Gasteiger partial charge in [-0.25, -0.2) is 0 Å². The van der Waals surface area contributed by atoms with E-state index in [1.807, 2.05) is 6.92 Å². The van der Waals surface area contributed by atoms with Crippen LogP contribution in [0.25, 0.3) is 0 Å². The second-order valence-electron chi connectivity index (χ2n) is 5.42. The Bertz CT molecular complexity index is 605. The molecule has 21 heavy (non-hydrogen) atoms. The number of carbonyl (C=O) groups excluding carboxylic acids is 2. The number of anilines is 1. The largest absolute Gasteiger partial charge is 0.329 e. The lowest BCUT2D eigenvalue weighted by atomic mass is 10.0. The van der Waals surface area contributed by atoms with E-state index >= 15 is 0 Å². The Morgan fingerprint density at radius 3 is 2.62 bits per heavy atom. The number of rotatable bonds is 2. The zero-order chi connectivity index (χ0) is 15.1. The van der Waals surface area contributed by atoms with Crippen LogP contribution < -0.4 is 4.90 Å². The van der Waals surface area contributed by atoms with Gasteiger partial charge >= 0.3 is 0 Å². The minimum absolute atomic E-state index is 0.0164. The van der Waals surface area contributed by atoms with Gasteiger partial charge in [-0.3, -0.25) is 14.5 Å². The first-order valence-corrected chi connectivity index (χ1v) is 7.88. The maximum absolute atomic E-state index is 12.8. The lowest BCUT2D eigenvalue weighted by Crippen LogP contribution is -2.63. The molecule has 3 rings (SSSR count). The third-order valence-corrected chi connectivity index (χ3v) is 4.96. The summed E-state index contributed by atoms with van der Waals surface area (Å²) in [4.78, 5) is 28.7. The molecule has 2 fully saturated rings. The Morgan fingerprint density at radius 2 is 1.95 bits per heavy atom. The molecule has 1 aromatic carbocycles. The molecule has 0 radical (unpaired) electrons. The quantitative estimate of drug-likeness (QED) is 0.837. The van der Waals surface area contributed by atoms with Crippen LogP contribution in [-0.2, 0) is 9.59 Å². The fourth-order valence-corrected chi connectivity index (χ4v) is 3.49. The summed E-state index contributed by atoms with van der Waals surface area (Å²) in [6.07, 6.45) is 2.20. The number of carbonyl (C=O) groups is 2. The Balaban J connectivity index is 2.03. The van der Waals surface area contributed by atoms with Crippen molar-refractivity contribution in [2.24, 2.45) is 0 Å². The first kappa shape index (κ1) is 14.7. The summed E-state index contributed by atoms with van der Waals surface area (Å²) >= 11 is 12.0. The molecule has 2 amide bonds. The molecule has 2 unspecified atom stereocenters. The fourth-order valence-electron chi connectivity index (χ4n) is 3.20. The van der Waals surface area contributed by atoms with Gasteiger partial charge in [0.05, 0.1) is 10.0 Å². The predicted molar refractivity (Wildman–Crippen MR) is 82.8 cm³/mol. The third-order valence-electron chi connectivity index (χ3n) is 4.22. The summed E-state index contributed by atoms with van der Waals surface area (Å²) < 4.78 is 0. The van der Waals surface area contributed by atoms with Gasteiger partial charge < -0.3 is 4.90 Å². The van der Waals surface area contributed by atoms with E-state index in [4.69, 9.17) is 23.2 Å². The van der Waals surface area contributed by atoms with Crippen LogP contribution in [0.5, 0.6) is 0 Å². The van der Waals surface area contributed by atoms with E-state index in [0.29, 0.717) is 28.7 Å². The molecular formula is C15H16Cl2N2O2. The van der Waals surface area contributed by atoms with Crippen LogP contribution in [0.3, 0.4) is 0 Å². The lowest BCUT2D eigenvalue weighted by molar-refractivity contribution is -0.144. The van der Waals surface area contributed by atoms with Gasteiger partial charge in [0.2, 0.25) is 5.91 Å². The van der Waals surface area contributed by atoms with Crippen molar-refractivity contribution in [3.63, 3.8) is 0 Å². The van der Waals surface area contributed by atoms with E-state index in [1.165, 1.54) is 0 Å². The summed E-state index contributed by atoms with van der Waals surface area (Å²) in [5.41, 5.74) is 0.640. The van der Waals surface area contributed by atoms with Crippen LogP contribution in [0.4, 0.5) is 5.69 Å². The van der Waals surface area contributed by atoms with Crippen LogP contribution in [0.1, 0.15) is 26.2 Å². The zero-order valence-corrected chi connectivity index (χ0v) is 13.2. The number of nitrogens with zero attached hydrogens (tertiary/aromatic N) is 2. The smallest absolute Gasteiger partial charge is 0.250 e. The van der Waals surface area contributed by atoms with Gasteiger partial charge in [0, 0.05) is 12.2 Å². The molecule has 112 valence electrons. The third kappa shape index (κ3) is 2.30. The highest BCUT2D eigenvalue weighted by molar-refractivity contribution is 6.42. The van der Waals surface area contributed by atoms with E-state index in [1.54, 1.807) is 28.0 Å². The molecule has 0 N–H and O–H groups in total.